The summed E-state index contributed by atoms with van der Waals surface area (Å²) in [7, 11) is 0. The molecule has 0 saturated carbocycles. The molecular formula is C12H18O. The molecule has 0 aliphatic heterocycles. The number of allylic oxidation sites excluding steroid dienone is 4. The summed E-state index contributed by atoms with van der Waals surface area (Å²) in [6, 6.07) is 0. The Hall–Kier alpha value is -0.850. The van der Waals surface area contributed by atoms with Gasteiger partial charge in [-0.25, -0.2) is 0 Å². The van der Waals surface area contributed by atoms with Gasteiger partial charge in [0.1, 0.15) is 0 Å². The molecule has 72 valence electrons. The molecule has 0 aromatic heterocycles. The predicted molar refractivity (Wildman–Crippen MR) is 55.5 cm³/mol. The van der Waals surface area contributed by atoms with Crippen LogP contribution in [0.4, 0.5) is 0 Å². The molecular weight excluding hydrogens is 160 g/mol. The van der Waals surface area contributed by atoms with E-state index in [4.69, 9.17) is 0 Å². The van der Waals surface area contributed by atoms with Crippen molar-refractivity contribution in [3.63, 3.8) is 0 Å². The van der Waals surface area contributed by atoms with Crippen molar-refractivity contribution in [1.82, 2.24) is 0 Å². The lowest BCUT2D eigenvalue weighted by atomic mass is 9.90. The van der Waals surface area contributed by atoms with Crippen molar-refractivity contribution in [2.24, 2.45) is 5.92 Å². The van der Waals surface area contributed by atoms with E-state index in [1.54, 1.807) is 6.08 Å². The summed E-state index contributed by atoms with van der Waals surface area (Å²) in [5.74, 6) is 0.838. The fourth-order valence-corrected chi connectivity index (χ4v) is 1.52. The van der Waals surface area contributed by atoms with Crippen molar-refractivity contribution >= 4 is 5.78 Å². The average Bonchev–Trinajstić information content (AvgIpc) is 2.16. The number of rotatable bonds is 3. The summed E-state index contributed by atoms with van der Waals surface area (Å²) < 4.78 is 0. The van der Waals surface area contributed by atoms with Crippen LogP contribution in [0.3, 0.4) is 0 Å². The Kier molecular flexibility index (Phi) is 3.94. The fourth-order valence-electron chi connectivity index (χ4n) is 1.52. The molecule has 0 radical (unpaired) electrons. The molecule has 1 unspecified atom stereocenters. The molecule has 1 heteroatoms. The van der Waals surface area contributed by atoms with Crippen LogP contribution in [0, 0.1) is 5.92 Å². The minimum absolute atomic E-state index is 0.242. The highest BCUT2D eigenvalue weighted by Crippen LogP contribution is 2.23. The lowest BCUT2D eigenvalue weighted by Gasteiger charge is -2.16. The number of ketones is 1. The first-order valence-electron chi connectivity index (χ1n) is 5.09. The van der Waals surface area contributed by atoms with E-state index in [1.165, 1.54) is 18.4 Å². The molecule has 0 aromatic carbocycles. The first-order valence-corrected chi connectivity index (χ1v) is 5.09. The van der Waals surface area contributed by atoms with E-state index in [9.17, 15) is 4.79 Å². The third-order valence-electron chi connectivity index (χ3n) is 2.58. The summed E-state index contributed by atoms with van der Waals surface area (Å²) in [6.45, 7) is 4.08. The van der Waals surface area contributed by atoms with Crippen LogP contribution in [-0.2, 0) is 4.79 Å². The molecule has 0 saturated heterocycles. The summed E-state index contributed by atoms with van der Waals surface area (Å²) in [5.41, 5.74) is 1.49. The Balaban J connectivity index is 2.39. The van der Waals surface area contributed by atoms with Crippen LogP contribution in [0.1, 0.15) is 39.5 Å². The highest BCUT2D eigenvalue weighted by Gasteiger charge is 2.08. The highest BCUT2D eigenvalue weighted by molar-refractivity contribution is 5.89. The summed E-state index contributed by atoms with van der Waals surface area (Å²) in [6.07, 6.45) is 10.2. The summed E-state index contributed by atoms with van der Waals surface area (Å²) in [5, 5.41) is 0. The molecule has 0 heterocycles. The van der Waals surface area contributed by atoms with Crippen molar-refractivity contribution in [2.75, 3.05) is 0 Å². The van der Waals surface area contributed by atoms with Gasteiger partial charge in [-0.1, -0.05) is 24.6 Å². The quantitative estimate of drug-likeness (QED) is 0.479. The minimum atomic E-state index is 0.242. The highest BCUT2D eigenvalue weighted by atomic mass is 16.1. The van der Waals surface area contributed by atoms with E-state index < -0.39 is 0 Å². The van der Waals surface area contributed by atoms with Gasteiger partial charge in [0.15, 0.2) is 5.78 Å². The van der Waals surface area contributed by atoms with Gasteiger partial charge in [-0.15, -0.1) is 0 Å². The average molecular weight is 178 g/mol. The van der Waals surface area contributed by atoms with E-state index in [0.717, 1.165) is 6.42 Å². The number of hydrogen-bond donors (Lipinski definition) is 0. The second-order valence-corrected chi connectivity index (χ2v) is 3.76. The van der Waals surface area contributed by atoms with Crippen molar-refractivity contribution < 1.29 is 4.79 Å². The SMILES string of the molecule is CCC(=O)C=CC1CC=C(C)CC1. The van der Waals surface area contributed by atoms with Gasteiger partial charge in [-0.05, 0) is 38.2 Å². The molecule has 1 atom stereocenters. The Morgan fingerprint density at radius 2 is 2.46 bits per heavy atom. The zero-order chi connectivity index (χ0) is 9.68. The van der Waals surface area contributed by atoms with E-state index in [-0.39, 0.29) is 5.78 Å². The normalized spacial score (nSPS) is 23.2. The zero-order valence-electron chi connectivity index (χ0n) is 8.55. The molecule has 1 aliphatic rings. The molecule has 0 spiro atoms. The molecule has 0 bridgehead atoms. The van der Waals surface area contributed by atoms with Gasteiger partial charge in [0.2, 0.25) is 0 Å². The third kappa shape index (κ3) is 3.58. The maximum atomic E-state index is 11.0. The molecule has 1 nitrogen and oxygen atoms in total. The Bertz CT molecular complexity index is 236. The maximum Gasteiger partial charge on any atom is 0.155 e. The van der Waals surface area contributed by atoms with Gasteiger partial charge in [-0.2, -0.15) is 0 Å². The Morgan fingerprint density at radius 1 is 1.69 bits per heavy atom. The summed E-state index contributed by atoms with van der Waals surface area (Å²) >= 11 is 0. The lowest BCUT2D eigenvalue weighted by molar-refractivity contribution is -0.114. The van der Waals surface area contributed by atoms with Crippen LogP contribution >= 0.6 is 0 Å². The van der Waals surface area contributed by atoms with Crippen LogP contribution in [0.25, 0.3) is 0 Å². The second-order valence-electron chi connectivity index (χ2n) is 3.76. The first-order chi connectivity index (χ1) is 6.22. The maximum absolute atomic E-state index is 11.0. The van der Waals surface area contributed by atoms with Gasteiger partial charge in [0, 0.05) is 6.42 Å². The second kappa shape index (κ2) is 5.00. The van der Waals surface area contributed by atoms with E-state index in [2.05, 4.69) is 19.1 Å². The number of carbonyl (C=O) groups is 1. The van der Waals surface area contributed by atoms with Gasteiger partial charge in [-0.3, -0.25) is 4.79 Å². The minimum Gasteiger partial charge on any atom is -0.295 e. The number of carbonyl (C=O) groups excluding carboxylic acids is 1. The van der Waals surface area contributed by atoms with Crippen LogP contribution in [0.5, 0.6) is 0 Å². The van der Waals surface area contributed by atoms with Crippen molar-refractivity contribution in [1.29, 1.82) is 0 Å². The van der Waals surface area contributed by atoms with Gasteiger partial charge in [0.25, 0.3) is 0 Å². The molecule has 0 aromatic rings. The molecule has 1 aliphatic carbocycles. The van der Waals surface area contributed by atoms with E-state index in [0.29, 0.717) is 12.3 Å². The van der Waals surface area contributed by atoms with Crippen LogP contribution in [-0.4, -0.2) is 5.78 Å². The third-order valence-corrected chi connectivity index (χ3v) is 2.58. The fraction of sp³-hybridized carbons (Fsp3) is 0.583. The zero-order valence-corrected chi connectivity index (χ0v) is 8.55. The topological polar surface area (TPSA) is 17.1 Å². The Labute approximate surface area is 80.5 Å². The van der Waals surface area contributed by atoms with Gasteiger partial charge < -0.3 is 0 Å². The molecule has 1 rings (SSSR count). The van der Waals surface area contributed by atoms with Crippen LogP contribution < -0.4 is 0 Å². The predicted octanol–water partition coefficient (Wildman–Crippen LogP) is 3.27. The largest absolute Gasteiger partial charge is 0.295 e. The molecule has 0 fully saturated rings. The standard InChI is InChI=1S/C12H18O/c1-3-12(13)9-8-11-6-4-10(2)5-7-11/h4,8-9,11H,3,5-7H2,1-2H3. The molecule has 13 heavy (non-hydrogen) atoms. The van der Waals surface area contributed by atoms with Gasteiger partial charge >= 0.3 is 0 Å². The molecule has 0 N–H and O–H groups in total. The van der Waals surface area contributed by atoms with Crippen LogP contribution in [0.2, 0.25) is 0 Å². The smallest absolute Gasteiger partial charge is 0.155 e. The first kappa shape index (κ1) is 10.2. The van der Waals surface area contributed by atoms with Crippen molar-refractivity contribution in [3.05, 3.63) is 23.8 Å². The van der Waals surface area contributed by atoms with Crippen molar-refractivity contribution in [2.45, 2.75) is 39.5 Å². The van der Waals surface area contributed by atoms with Crippen molar-refractivity contribution in [3.8, 4) is 0 Å². The van der Waals surface area contributed by atoms with Crippen LogP contribution in [0.15, 0.2) is 23.8 Å². The van der Waals surface area contributed by atoms with E-state index in [1.807, 2.05) is 6.92 Å². The number of hydrogen-bond acceptors (Lipinski definition) is 1. The van der Waals surface area contributed by atoms with E-state index >= 15 is 0 Å². The molecule has 0 amide bonds. The lowest BCUT2D eigenvalue weighted by Crippen LogP contribution is -2.02. The Morgan fingerprint density at radius 3 is 3.00 bits per heavy atom. The van der Waals surface area contributed by atoms with Gasteiger partial charge in [0.05, 0.1) is 0 Å². The summed E-state index contributed by atoms with van der Waals surface area (Å²) in [4.78, 5) is 11.0. The monoisotopic (exact) mass is 178 g/mol.